The molecule has 2 aliphatic carbocycles. The van der Waals surface area contributed by atoms with Crippen LogP contribution in [0.4, 0.5) is 0 Å². The Morgan fingerprint density at radius 1 is 1.08 bits per heavy atom. The molecule has 1 fully saturated rings. The van der Waals surface area contributed by atoms with Crippen molar-refractivity contribution in [3.05, 3.63) is 53.5 Å². The topological polar surface area (TPSA) is 48.5 Å². The third kappa shape index (κ3) is 2.68. The second-order valence-electron chi connectivity index (χ2n) is 7.31. The van der Waals surface area contributed by atoms with E-state index in [1.54, 1.807) is 0 Å². The van der Waals surface area contributed by atoms with Crippen LogP contribution >= 0.6 is 0 Å². The summed E-state index contributed by atoms with van der Waals surface area (Å²) in [5, 5.41) is 9.39. The molecule has 0 radical (unpaired) electrons. The highest BCUT2D eigenvalue weighted by molar-refractivity contribution is 5.50. The summed E-state index contributed by atoms with van der Waals surface area (Å²) in [4.78, 5) is 4.94. The first kappa shape index (κ1) is 14.9. The summed E-state index contributed by atoms with van der Waals surface area (Å²) >= 11 is 0. The standard InChI is InChI=1S/C20H23N5/c1-2-24-18(9-10-21-24)20-22-19(11-14-7-8-14)23-25(20)17-12-15-5-3-4-6-16(15)13-17/h3-6,9-10,14,17H,2,7-8,11-13H2,1H3. The highest BCUT2D eigenvalue weighted by Crippen LogP contribution is 2.35. The third-order valence-corrected chi connectivity index (χ3v) is 5.46. The Balaban J connectivity index is 1.55. The van der Waals surface area contributed by atoms with Gasteiger partial charge in [-0.2, -0.15) is 10.2 Å². The Kier molecular flexibility index (Phi) is 3.47. The lowest BCUT2D eigenvalue weighted by molar-refractivity contribution is 0.472. The van der Waals surface area contributed by atoms with Crippen LogP contribution in [0.15, 0.2) is 36.5 Å². The molecule has 25 heavy (non-hydrogen) atoms. The van der Waals surface area contributed by atoms with Gasteiger partial charge in [0.2, 0.25) is 0 Å². The van der Waals surface area contributed by atoms with Crippen LogP contribution in [0, 0.1) is 5.92 Å². The van der Waals surface area contributed by atoms with Gasteiger partial charge in [-0.1, -0.05) is 24.3 Å². The molecular formula is C20H23N5. The minimum Gasteiger partial charge on any atom is -0.262 e. The van der Waals surface area contributed by atoms with Gasteiger partial charge in [-0.15, -0.1) is 0 Å². The smallest absolute Gasteiger partial charge is 0.177 e. The van der Waals surface area contributed by atoms with Gasteiger partial charge in [-0.25, -0.2) is 9.67 Å². The fraction of sp³-hybridized carbons (Fsp3) is 0.450. The SMILES string of the molecule is CCn1nccc1-c1nc(CC2CC2)nn1C1Cc2ccccc2C1. The molecule has 2 aliphatic rings. The lowest BCUT2D eigenvalue weighted by Gasteiger charge is -2.13. The van der Waals surface area contributed by atoms with Gasteiger partial charge in [0, 0.05) is 19.2 Å². The molecule has 1 aromatic carbocycles. The van der Waals surface area contributed by atoms with Crippen LogP contribution < -0.4 is 0 Å². The highest BCUT2D eigenvalue weighted by atomic mass is 15.4. The lowest BCUT2D eigenvalue weighted by Crippen LogP contribution is -2.14. The molecule has 2 aromatic heterocycles. The van der Waals surface area contributed by atoms with E-state index in [9.17, 15) is 0 Å². The Labute approximate surface area is 147 Å². The summed E-state index contributed by atoms with van der Waals surface area (Å²) in [6.45, 7) is 2.96. The van der Waals surface area contributed by atoms with E-state index < -0.39 is 0 Å². The molecule has 2 heterocycles. The molecule has 0 spiro atoms. The minimum atomic E-state index is 0.355. The quantitative estimate of drug-likeness (QED) is 0.718. The zero-order valence-electron chi connectivity index (χ0n) is 14.6. The molecule has 0 aliphatic heterocycles. The van der Waals surface area contributed by atoms with Gasteiger partial charge in [0.15, 0.2) is 11.6 Å². The predicted octanol–water partition coefficient (Wildman–Crippen LogP) is 3.45. The van der Waals surface area contributed by atoms with Crippen molar-refractivity contribution in [2.24, 2.45) is 5.92 Å². The van der Waals surface area contributed by atoms with Crippen molar-refractivity contribution in [2.75, 3.05) is 0 Å². The van der Waals surface area contributed by atoms with Crippen molar-refractivity contribution in [2.45, 2.75) is 51.6 Å². The van der Waals surface area contributed by atoms with Gasteiger partial charge >= 0.3 is 0 Å². The van der Waals surface area contributed by atoms with Gasteiger partial charge < -0.3 is 0 Å². The maximum absolute atomic E-state index is 4.95. The third-order valence-electron chi connectivity index (χ3n) is 5.46. The Morgan fingerprint density at radius 3 is 2.52 bits per heavy atom. The zero-order chi connectivity index (χ0) is 16.8. The van der Waals surface area contributed by atoms with Crippen LogP contribution in [-0.4, -0.2) is 24.5 Å². The second-order valence-corrected chi connectivity index (χ2v) is 7.31. The predicted molar refractivity (Wildman–Crippen MR) is 96.2 cm³/mol. The van der Waals surface area contributed by atoms with Crippen molar-refractivity contribution >= 4 is 0 Å². The van der Waals surface area contributed by atoms with Crippen LogP contribution in [0.25, 0.3) is 11.5 Å². The molecule has 0 saturated heterocycles. The first-order valence-electron chi connectivity index (χ1n) is 9.36. The van der Waals surface area contributed by atoms with Gasteiger partial charge in [0.1, 0.15) is 5.69 Å². The van der Waals surface area contributed by atoms with E-state index in [2.05, 4.69) is 47.0 Å². The van der Waals surface area contributed by atoms with Crippen molar-refractivity contribution in [3.8, 4) is 11.5 Å². The van der Waals surface area contributed by atoms with Crippen LogP contribution in [-0.2, 0) is 25.8 Å². The lowest BCUT2D eigenvalue weighted by atomic mass is 10.1. The Bertz CT molecular complexity index is 877. The molecule has 5 nitrogen and oxygen atoms in total. The fourth-order valence-corrected chi connectivity index (χ4v) is 3.95. The van der Waals surface area contributed by atoms with Gasteiger partial charge in [-0.05, 0) is 55.7 Å². The van der Waals surface area contributed by atoms with E-state index in [1.165, 1.54) is 24.0 Å². The molecule has 0 unspecified atom stereocenters. The normalized spacial score (nSPS) is 17.2. The van der Waals surface area contributed by atoms with Crippen LogP contribution in [0.2, 0.25) is 0 Å². The summed E-state index contributed by atoms with van der Waals surface area (Å²) in [5.74, 6) is 2.77. The molecule has 0 bridgehead atoms. The van der Waals surface area contributed by atoms with E-state index in [1.807, 2.05) is 10.9 Å². The summed E-state index contributed by atoms with van der Waals surface area (Å²) in [7, 11) is 0. The number of hydrogen-bond acceptors (Lipinski definition) is 3. The van der Waals surface area contributed by atoms with E-state index in [4.69, 9.17) is 10.1 Å². The zero-order valence-corrected chi connectivity index (χ0v) is 14.6. The average molecular weight is 333 g/mol. The Hall–Kier alpha value is -2.43. The number of aryl methyl sites for hydroxylation is 1. The molecular weight excluding hydrogens is 310 g/mol. The number of benzene rings is 1. The molecule has 0 N–H and O–H groups in total. The summed E-state index contributed by atoms with van der Waals surface area (Å²) in [5.41, 5.74) is 3.97. The van der Waals surface area contributed by atoms with E-state index in [0.717, 1.165) is 49.1 Å². The van der Waals surface area contributed by atoms with Crippen LogP contribution in [0.1, 0.15) is 42.8 Å². The van der Waals surface area contributed by atoms with Crippen molar-refractivity contribution < 1.29 is 0 Å². The van der Waals surface area contributed by atoms with Gasteiger partial charge in [0.25, 0.3) is 0 Å². The first-order valence-corrected chi connectivity index (χ1v) is 9.36. The number of fused-ring (bicyclic) bond motifs is 1. The fourth-order valence-electron chi connectivity index (χ4n) is 3.95. The largest absolute Gasteiger partial charge is 0.262 e. The summed E-state index contributed by atoms with van der Waals surface area (Å²) in [6.07, 6.45) is 7.60. The van der Waals surface area contributed by atoms with E-state index in [-0.39, 0.29) is 0 Å². The average Bonchev–Trinajstić information content (AvgIpc) is 3.05. The highest BCUT2D eigenvalue weighted by Gasteiger charge is 2.29. The minimum absolute atomic E-state index is 0.355. The summed E-state index contributed by atoms with van der Waals surface area (Å²) < 4.78 is 4.20. The molecule has 5 rings (SSSR count). The van der Waals surface area contributed by atoms with Gasteiger partial charge in [-0.3, -0.25) is 4.68 Å². The molecule has 1 saturated carbocycles. The number of hydrogen-bond donors (Lipinski definition) is 0. The molecule has 0 amide bonds. The molecule has 3 aromatic rings. The molecule has 0 atom stereocenters. The van der Waals surface area contributed by atoms with E-state index >= 15 is 0 Å². The Morgan fingerprint density at radius 2 is 1.84 bits per heavy atom. The maximum atomic E-state index is 4.95. The van der Waals surface area contributed by atoms with Gasteiger partial charge in [0.05, 0.1) is 6.04 Å². The van der Waals surface area contributed by atoms with E-state index in [0.29, 0.717) is 6.04 Å². The monoisotopic (exact) mass is 333 g/mol. The summed E-state index contributed by atoms with van der Waals surface area (Å²) in [6, 6.07) is 11.2. The number of aromatic nitrogens is 5. The van der Waals surface area contributed by atoms with Crippen LogP contribution in [0.5, 0.6) is 0 Å². The molecule has 5 heteroatoms. The molecule has 128 valence electrons. The number of nitrogens with zero attached hydrogens (tertiary/aromatic N) is 5. The maximum Gasteiger partial charge on any atom is 0.177 e. The van der Waals surface area contributed by atoms with Crippen LogP contribution in [0.3, 0.4) is 0 Å². The van der Waals surface area contributed by atoms with Crippen molar-refractivity contribution in [1.82, 2.24) is 24.5 Å². The van der Waals surface area contributed by atoms with Crippen molar-refractivity contribution in [3.63, 3.8) is 0 Å². The number of rotatable bonds is 5. The second kappa shape index (κ2) is 5.83. The van der Waals surface area contributed by atoms with Crippen molar-refractivity contribution in [1.29, 1.82) is 0 Å². The first-order chi connectivity index (χ1) is 12.3.